The molecule has 0 spiro atoms. The fourth-order valence-corrected chi connectivity index (χ4v) is 8.13. The highest BCUT2D eigenvalue weighted by atomic mass is 32.2. The summed E-state index contributed by atoms with van der Waals surface area (Å²) in [7, 11) is -3.54. The highest BCUT2D eigenvalue weighted by Gasteiger charge is 2.48. The van der Waals surface area contributed by atoms with Gasteiger partial charge < -0.3 is 19.1 Å². The minimum absolute atomic E-state index is 0.0453. The van der Waals surface area contributed by atoms with Crippen LogP contribution in [0, 0.1) is 5.92 Å². The van der Waals surface area contributed by atoms with Crippen molar-refractivity contribution < 1.29 is 45.5 Å². The normalized spacial score (nSPS) is 18.6. The zero-order chi connectivity index (χ0) is 30.2. The third-order valence-corrected chi connectivity index (χ3v) is 11.0. The maximum absolute atomic E-state index is 13.8. The van der Waals surface area contributed by atoms with E-state index in [-0.39, 0.29) is 12.2 Å². The van der Waals surface area contributed by atoms with Gasteiger partial charge in [0.1, 0.15) is 5.75 Å². The third kappa shape index (κ3) is 8.66. The standard InChI is InChI=1S/C28H38F3N3O7S/c29-28(30,31)40-23-10-8-22(9-11-23)26-32-24(41-33-26)6-2-1-5-21-12-17-34(18-13-21)42(37,38)27(15-19-39-20-16-27)14-4-3-7-25(35)36/h8-11,21H,1-7,12-20H2,(H,35,36). The smallest absolute Gasteiger partial charge is 0.481 e. The first-order chi connectivity index (χ1) is 20.0. The molecular formula is C28H38F3N3O7S. The van der Waals surface area contributed by atoms with Gasteiger partial charge in [-0.1, -0.05) is 24.4 Å². The Bertz CT molecular complexity index is 1250. The molecule has 0 atom stereocenters. The number of alkyl halides is 3. The van der Waals surface area contributed by atoms with Crippen LogP contribution in [0.5, 0.6) is 5.75 Å². The Balaban J connectivity index is 1.20. The Hall–Kier alpha value is -2.71. The number of carbonyl (C=O) groups is 1. The Labute approximate surface area is 243 Å². The van der Waals surface area contributed by atoms with E-state index in [1.54, 1.807) is 4.31 Å². The second kappa shape index (κ2) is 14.2. The largest absolute Gasteiger partial charge is 0.573 e. The molecule has 0 bridgehead atoms. The molecule has 1 aromatic heterocycles. The molecule has 1 N–H and O–H groups in total. The van der Waals surface area contributed by atoms with Crippen molar-refractivity contribution in [3.8, 4) is 17.1 Å². The molecule has 2 fully saturated rings. The van der Waals surface area contributed by atoms with Gasteiger partial charge in [0.2, 0.25) is 21.7 Å². The van der Waals surface area contributed by atoms with Gasteiger partial charge in [-0.15, -0.1) is 13.2 Å². The fourth-order valence-electron chi connectivity index (χ4n) is 5.80. The van der Waals surface area contributed by atoms with Crippen molar-refractivity contribution in [2.24, 2.45) is 5.92 Å². The van der Waals surface area contributed by atoms with Gasteiger partial charge in [-0.05, 0) is 75.1 Å². The quantitative estimate of drug-likeness (QED) is 0.270. The molecule has 10 nitrogen and oxygen atoms in total. The molecule has 234 valence electrons. The molecule has 0 aliphatic carbocycles. The summed E-state index contributed by atoms with van der Waals surface area (Å²) in [5.74, 6) is -0.0225. The van der Waals surface area contributed by atoms with Crippen LogP contribution in [0.15, 0.2) is 28.8 Å². The lowest BCUT2D eigenvalue weighted by molar-refractivity contribution is -0.274. The number of aromatic nitrogens is 2. The summed E-state index contributed by atoms with van der Waals surface area (Å²) in [4.78, 5) is 15.2. The summed E-state index contributed by atoms with van der Waals surface area (Å²) in [6.45, 7) is 1.79. The van der Waals surface area contributed by atoms with Crippen molar-refractivity contribution in [3.05, 3.63) is 30.2 Å². The van der Waals surface area contributed by atoms with Crippen LogP contribution >= 0.6 is 0 Å². The van der Waals surface area contributed by atoms with Crippen molar-refractivity contribution in [2.45, 2.75) is 88.2 Å². The number of carboxylic acids is 1. The van der Waals surface area contributed by atoms with E-state index in [0.29, 0.717) is 88.0 Å². The maximum Gasteiger partial charge on any atom is 0.573 e. The second-order valence-electron chi connectivity index (χ2n) is 11.1. The SMILES string of the molecule is O=C(O)CCCCC1(S(=O)(=O)N2CCC(CCCCc3nc(-c4ccc(OC(F)(F)F)cc4)no3)CC2)CCOCC1. The molecule has 0 amide bonds. The number of aliphatic carboxylic acids is 1. The number of unbranched alkanes of at least 4 members (excludes halogenated alkanes) is 2. The Morgan fingerprint density at radius 1 is 1.07 bits per heavy atom. The number of rotatable bonds is 14. The average molecular weight is 618 g/mol. The molecule has 4 rings (SSSR count). The van der Waals surface area contributed by atoms with Gasteiger partial charge in [0.05, 0.1) is 4.75 Å². The van der Waals surface area contributed by atoms with E-state index >= 15 is 0 Å². The number of carboxylic acid groups (broad SMARTS) is 1. The fraction of sp³-hybridized carbons (Fsp3) is 0.679. The number of ether oxygens (including phenoxy) is 2. The summed E-state index contributed by atoms with van der Waals surface area (Å²) < 4.78 is 80.0. The summed E-state index contributed by atoms with van der Waals surface area (Å²) in [6.07, 6.45) is 2.52. The van der Waals surface area contributed by atoms with Gasteiger partial charge in [-0.3, -0.25) is 4.79 Å². The molecule has 42 heavy (non-hydrogen) atoms. The first kappa shape index (κ1) is 32.2. The Morgan fingerprint density at radius 2 is 1.76 bits per heavy atom. The van der Waals surface area contributed by atoms with E-state index < -0.39 is 27.1 Å². The topological polar surface area (TPSA) is 132 Å². The monoisotopic (exact) mass is 617 g/mol. The zero-order valence-corrected chi connectivity index (χ0v) is 24.3. The van der Waals surface area contributed by atoms with Crippen LogP contribution in [0.25, 0.3) is 11.4 Å². The van der Waals surface area contributed by atoms with Crippen LogP contribution in [0.1, 0.15) is 76.5 Å². The van der Waals surface area contributed by atoms with Crippen molar-refractivity contribution >= 4 is 16.0 Å². The molecule has 2 aromatic rings. The molecule has 0 unspecified atom stereocenters. The van der Waals surface area contributed by atoms with Gasteiger partial charge in [0, 0.05) is 44.7 Å². The number of nitrogens with zero attached hydrogens (tertiary/aromatic N) is 3. The lowest BCUT2D eigenvalue weighted by atomic mass is 9.92. The van der Waals surface area contributed by atoms with Gasteiger partial charge in [0.15, 0.2) is 0 Å². The molecule has 1 aromatic carbocycles. The summed E-state index contributed by atoms with van der Waals surface area (Å²) in [5, 5.41) is 12.8. The van der Waals surface area contributed by atoms with E-state index in [1.165, 1.54) is 24.3 Å². The second-order valence-corrected chi connectivity index (χ2v) is 13.4. The van der Waals surface area contributed by atoms with Gasteiger partial charge >= 0.3 is 12.3 Å². The van der Waals surface area contributed by atoms with Crippen LogP contribution in [-0.4, -0.2) is 71.4 Å². The molecule has 0 radical (unpaired) electrons. The summed E-state index contributed by atoms with van der Waals surface area (Å²) in [5.41, 5.74) is 0.518. The number of sulfonamides is 1. The van der Waals surface area contributed by atoms with Gasteiger partial charge in [-0.25, -0.2) is 12.7 Å². The lowest BCUT2D eigenvalue weighted by Gasteiger charge is -2.42. The minimum Gasteiger partial charge on any atom is -0.481 e. The van der Waals surface area contributed by atoms with Crippen molar-refractivity contribution in [1.29, 1.82) is 0 Å². The predicted octanol–water partition coefficient (Wildman–Crippen LogP) is 5.58. The Kier molecular flexibility index (Phi) is 10.9. The first-order valence-electron chi connectivity index (χ1n) is 14.5. The highest BCUT2D eigenvalue weighted by molar-refractivity contribution is 7.90. The number of hydrogen-bond donors (Lipinski definition) is 1. The molecule has 3 heterocycles. The van der Waals surface area contributed by atoms with Gasteiger partial charge in [0.25, 0.3) is 0 Å². The van der Waals surface area contributed by atoms with E-state index in [1.807, 2.05) is 0 Å². The minimum atomic E-state index is -4.76. The van der Waals surface area contributed by atoms with Crippen molar-refractivity contribution in [3.63, 3.8) is 0 Å². The summed E-state index contributed by atoms with van der Waals surface area (Å²) in [6, 6.07) is 5.26. The molecule has 2 aliphatic heterocycles. The number of hydrogen-bond acceptors (Lipinski definition) is 8. The first-order valence-corrected chi connectivity index (χ1v) is 15.9. The third-order valence-electron chi connectivity index (χ3n) is 8.20. The molecular weight excluding hydrogens is 579 g/mol. The number of aryl methyl sites for hydroxylation is 1. The molecule has 2 saturated heterocycles. The molecule has 0 saturated carbocycles. The van der Waals surface area contributed by atoms with Crippen LogP contribution in [0.2, 0.25) is 0 Å². The zero-order valence-electron chi connectivity index (χ0n) is 23.5. The molecule has 2 aliphatic rings. The van der Waals surface area contributed by atoms with E-state index in [2.05, 4.69) is 14.9 Å². The Morgan fingerprint density at radius 3 is 2.40 bits per heavy atom. The van der Waals surface area contributed by atoms with Crippen LogP contribution < -0.4 is 4.74 Å². The number of benzene rings is 1. The van der Waals surface area contributed by atoms with E-state index in [4.69, 9.17) is 14.4 Å². The van der Waals surface area contributed by atoms with Crippen LogP contribution in [-0.2, 0) is 26.0 Å². The predicted molar refractivity (Wildman–Crippen MR) is 146 cm³/mol. The van der Waals surface area contributed by atoms with Crippen LogP contribution in [0.4, 0.5) is 13.2 Å². The lowest BCUT2D eigenvalue weighted by Crippen LogP contribution is -2.53. The van der Waals surface area contributed by atoms with E-state index in [9.17, 15) is 26.4 Å². The van der Waals surface area contributed by atoms with Crippen molar-refractivity contribution in [1.82, 2.24) is 14.4 Å². The maximum atomic E-state index is 13.8. The highest BCUT2D eigenvalue weighted by Crippen LogP contribution is 2.39. The van der Waals surface area contributed by atoms with Crippen molar-refractivity contribution in [2.75, 3.05) is 26.3 Å². The number of piperidine rings is 1. The summed E-state index contributed by atoms with van der Waals surface area (Å²) >= 11 is 0. The van der Waals surface area contributed by atoms with Crippen LogP contribution in [0.3, 0.4) is 0 Å². The van der Waals surface area contributed by atoms with E-state index in [0.717, 1.165) is 32.1 Å². The molecule has 14 heteroatoms. The average Bonchev–Trinajstić information content (AvgIpc) is 3.43. The number of halogens is 3. The van der Waals surface area contributed by atoms with Gasteiger partial charge in [-0.2, -0.15) is 4.98 Å².